The van der Waals surface area contributed by atoms with Gasteiger partial charge in [-0.15, -0.1) is 0 Å². The van der Waals surface area contributed by atoms with Crippen LogP contribution in [0.25, 0.3) is 10.9 Å². The number of hydrogen-bond donors (Lipinski definition) is 1. The molecule has 0 unspecified atom stereocenters. The van der Waals surface area contributed by atoms with Crippen LogP contribution in [0.2, 0.25) is 5.02 Å². The van der Waals surface area contributed by atoms with Gasteiger partial charge >= 0.3 is 0 Å². The maximum Gasteiger partial charge on any atom is 0.144 e. The van der Waals surface area contributed by atoms with Crippen molar-refractivity contribution in [3.8, 4) is 0 Å². The first kappa shape index (κ1) is 23.1. The van der Waals surface area contributed by atoms with Gasteiger partial charge in [-0.05, 0) is 92.5 Å². The van der Waals surface area contributed by atoms with Gasteiger partial charge < -0.3 is 14.8 Å². The van der Waals surface area contributed by atoms with E-state index in [1.165, 1.54) is 22.5 Å². The minimum absolute atomic E-state index is 0.674. The van der Waals surface area contributed by atoms with Gasteiger partial charge in [0.05, 0.1) is 10.7 Å². The lowest BCUT2D eigenvalue weighted by Crippen LogP contribution is -2.34. The smallest absolute Gasteiger partial charge is 0.144 e. The standard InChI is InChI=1S/C27H31ClN4O/c1-19(11-15-33)30-20(2)31(3)24-5-7-27(25(28)18-24)32-13-9-21(10-14-32)16-22-4-6-26-23(17-22)8-12-29-26/h4-8,11-12,15,17-18,21,29H,9-10,13-14,16H2,1-3H3/b19-11-,30-20?. The number of anilines is 2. The highest BCUT2D eigenvalue weighted by Gasteiger charge is 2.22. The topological polar surface area (TPSA) is 51.7 Å². The number of piperidine rings is 1. The number of nitrogens with zero attached hydrogens (tertiary/aromatic N) is 3. The number of halogens is 1. The van der Waals surface area contributed by atoms with E-state index < -0.39 is 0 Å². The van der Waals surface area contributed by atoms with Gasteiger partial charge in [0.25, 0.3) is 0 Å². The molecule has 33 heavy (non-hydrogen) atoms. The Labute approximate surface area is 200 Å². The van der Waals surface area contributed by atoms with Crippen molar-refractivity contribution in [2.45, 2.75) is 33.1 Å². The maximum atomic E-state index is 10.6. The molecule has 0 radical (unpaired) electrons. The molecule has 1 saturated heterocycles. The van der Waals surface area contributed by atoms with Crippen LogP contribution in [0, 0.1) is 5.92 Å². The third kappa shape index (κ3) is 5.48. The van der Waals surface area contributed by atoms with Gasteiger partial charge in [-0.3, -0.25) is 4.79 Å². The molecule has 1 aliphatic rings. The van der Waals surface area contributed by atoms with Crippen molar-refractivity contribution in [1.29, 1.82) is 0 Å². The van der Waals surface area contributed by atoms with Gasteiger partial charge in [0, 0.05) is 43.2 Å². The van der Waals surface area contributed by atoms with Gasteiger partial charge in [0.15, 0.2) is 0 Å². The van der Waals surface area contributed by atoms with E-state index in [-0.39, 0.29) is 0 Å². The summed E-state index contributed by atoms with van der Waals surface area (Å²) in [6.07, 6.45) is 7.66. The quantitative estimate of drug-likeness (QED) is 0.204. The Morgan fingerprint density at radius 3 is 2.70 bits per heavy atom. The summed E-state index contributed by atoms with van der Waals surface area (Å²) in [5, 5.41) is 2.04. The molecule has 4 rings (SSSR count). The molecular formula is C27H31ClN4O. The molecule has 0 atom stereocenters. The van der Waals surface area contributed by atoms with Crippen LogP contribution in [0.3, 0.4) is 0 Å². The monoisotopic (exact) mass is 462 g/mol. The molecule has 1 aliphatic heterocycles. The summed E-state index contributed by atoms with van der Waals surface area (Å²) in [7, 11) is 1.95. The number of allylic oxidation sites excluding steroid dienone is 2. The number of amidine groups is 1. The summed E-state index contributed by atoms with van der Waals surface area (Å²) < 4.78 is 0. The largest absolute Gasteiger partial charge is 0.370 e. The molecule has 172 valence electrons. The van der Waals surface area contributed by atoms with Gasteiger partial charge in [-0.2, -0.15) is 0 Å². The molecule has 2 heterocycles. The predicted molar refractivity (Wildman–Crippen MR) is 140 cm³/mol. The van der Waals surface area contributed by atoms with Crippen molar-refractivity contribution >= 4 is 46.0 Å². The third-order valence-electron chi connectivity index (χ3n) is 6.55. The van der Waals surface area contributed by atoms with Crippen molar-refractivity contribution in [2.24, 2.45) is 10.9 Å². The van der Waals surface area contributed by atoms with Crippen LogP contribution >= 0.6 is 11.6 Å². The Morgan fingerprint density at radius 1 is 1.18 bits per heavy atom. The zero-order valence-electron chi connectivity index (χ0n) is 19.5. The Bertz CT molecular complexity index is 1190. The first-order chi connectivity index (χ1) is 15.9. The number of hydrogen-bond acceptors (Lipinski definition) is 3. The number of aldehydes is 1. The Balaban J connectivity index is 1.38. The van der Waals surface area contributed by atoms with Crippen molar-refractivity contribution in [3.63, 3.8) is 0 Å². The van der Waals surface area contributed by atoms with E-state index in [4.69, 9.17) is 11.6 Å². The summed E-state index contributed by atoms with van der Waals surface area (Å²) >= 11 is 6.71. The molecule has 0 bridgehead atoms. The zero-order valence-corrected chi connectivity index (χ0v) is 20.3. The first-order valence-electron chi connectivity index (χ1n) is 11.5. The number of carbonyl (C=O) groups excluding carboxylic acids is 1. The molecule has 0 amide bonds. The minimum atomic E-state index is 0.674. The highest BCUT2D eigenvalue weighted by Crippen LogP contribution is 2.34. The number of benzene rings is 2. The third-order valence-corrected chi connectivity index (χ3v) is 6.85. The number of nitrogens with one attached hydrogen (secondary N) is 1. The van der Waals surface area contributed by atoms with Crippen LogP contribution in [0.1, 0.15) is 32.3 Å². The number of carbonyl (C=O) groups is 1. The fourth-order valence-corrected chi connectivity index (χ4v) is 4.85. The summed E-state index contributed by atoms with van der Waals surface area (Å²) in [6.45, 7) is 5.76. The fourth-order valence-electron chi connectivity index (χ4n) is 4.55. The lowest BCUT2D eigenvalue weighted by atomic mass is 9.89. The molecule has 1 fully saturated rings. The first-order valence-corrected chi connectivity index (χ1v) is 11.8. The molecule has 3 aromatic rings. The molecule has 5 nitrogen and oxygen atoms in total. The van der Waals surface area contributed by atoms with E-state index in [1.807, 2.05) is 38.1 Å². The van der Waals surface area contributed by atoms with Crippen LogP contribution in [0.15, 0.2) is 65.4 Å². The number of aromatic nitrogens is 1. The van der Waals surface area contributed by atoms with E-state index in [0.29, 0.717) is 11.6 Å². The van der Waals surface area contributed by atoms with E-state index in [1.54, 1.807) is 0 Å². The average Bonchev–Trinajstić information content (AvgIpc) is 3.27. The van der Waals surface area contributed by atoms with Crippen molar-refractivity contribution in [2.75, 3.05) is 29.9 Å². The van der Waals surface area contributed by atoms with Gasteiger partial charge in [-0.1, -0.05) is 17.7 Å². The number of H-pyrrole nitrogens is 1. The SMILES string of the molecule is CC(=N/C(C)=C\C=O)N(C)c1ccc(N2CCC(Cc3ccc4[nH]ccc4c3)CC2)c(Cl)c1. The van der Waals surface area contributed by atoms with E-state index in [0.717, 1.165) is 60.9 Å². The summed E-state index contributed by atoms with van der Waals surface area (Å²) in [6, 6.07) is 15.1. The summed E-state index contributed by atoms with van der Waals surface area (Å²) in [4.78, 5) is 22.7. The Morgan fingerprint density at radius 2 is 1.97 bits per heavy atom. The van der Waals surface area contributed by atoms with Crippen LogP contribution in [-0.4, -0.2) is 37.2 Å². The Hall–Kier alpha value is -3.05. The van der Waals surface area contributed by atoms with Gasteiger partial charge in [0.1, 0.15) is 12.1 Å². The second-order valence-corrected chi connectivity index (χ2v) is 9.24. The molecule has 2 aromatic carbocycles. The lowest BCUT2D eigenvalue weighted by molar-refractivity contribution is -0.104. The summed E-state index contributed by atoms with van der Waals surface area (Å²) in [5.41, 5.74) is 5.35. The van der Waals surface area contributed by atoms with Gasteiger partial charge in [0.2, 0.25) is 0 Å². The fraction of sp³-hybridized carbons (Fsp3) is 0.333. The minimum Gasteiger partial charge on any atom is -0.370 e. The average molecular weight is 463 g/mol. The summed E-state index contributed by atoms with van der Waals surface area (Å²) in [5.74, 6) is 1.50. The molecule has 0 aliphatic carbocycles. The van der Waals surface area contributed by atoms with Crippen molar-refractivity contribution < 1.29 is 4.79 Å². The molecular weight excluding hydrogens is 432 g/mol. The van der Waals surface area contributed by atoms with Crippen LogP contribution in [-0.2, 0) is 11.2 Å². The van der Waals surface area contributed by atoms with E-state index in [9.17, 15) is 4.79 Å². The molecule has 1 aromatic heterocycles. The maximum absolute atomic E-state index is 10.6. The van der Waals surface area contributed by atoms with Crippen LogP contribution < -0.4 is 9.80 Å². The predicted octanol–water partition coefficient (Wildman–Crippen LogP) is 6.24. The normalized spacial score (nSPS) is 15.8. The van der Waals surface area contributed by atoms with E-state index >= 15 is 0 Å². The lowest BCUT2D eigenvalue weighted by Gasteiger charge is -2.34. The Kier molecular flexibility index (Phi) is 7.19. The second-order valence-electron chi connectivity index (χ2n) is 8.83. The van der Waals surface area contributed by atoms with E-state index in [2.05, 4.69) is 51.3 Å². The van der Waals surface area contributed by atoms with Gasteiger partial charge in [-0.25, -0.2) is 4.99 Å². The highest BCUT2D eigenvalue weighted by molar-refractivity contribution is 6.33. The van der Waals surface area contributed by atoms with Crippen LogP contribution in [0.5, 0.6) is 0 Å². The number of rotatable bonds is 6. The molecule has 1 N–H and O–H groups in total. The highest BCUT2D eigenvalue weighted by atomic mass is 35.5. The number of aliphatic imine (C=N–C) groups is 1. The molecule has 0 spiro atoms. The van der Waals surface area contributed by atoms with Crippen molar-refractivity contribution in [1.82, 2.24) is 4.98 Å². The zero-order chi connectivity index (χ0) is 23.4. The van der Waals surface area contributed by atoms with Crippen molar-refractivity contribution in [3.05, 3.63) is 71.0 Å². The molecule has 6 heteroatoms. The second kappa shape index (κ2) is 10.3. The number of aromatic amines is 1. The number of fused-ring (bicyclic) bond motifs is 1. The van der Waals surface area contributed by atoms with Crippen LogP contribution in [0.4, 0.5) is 11.4 Å². The molecule has 0 saturated carbocycles.